The number of aryl methyl sites for hydroxylation is 1. The minimum Gasteiger partial charge on any atom is -0.337 e. The SMILES string of the molecule is Cc1ccc(-c2nnn(CC(=O)N3CCCC3CN)n2)cc1. The van der Waals surface area contributed by atoms with Gasteiger partial charge in [0.2, 0.25) is 11.7 Å². The molecule has 1 aromatic heterocycles. The Hall–Kier alpha value is -2.28. The van der Waals surface area contributed by atoms with Crippen molar-refractivity contribution in [1.29, 1.82) is 0 Å². The Balaban J connectivity index is 1.69. The van der Waals surface area contributed by atoms with E-state index < -0.39 is 0 Å². The van der Waals surface area contributed by atoms with Gasteiger partial charge in [-0.2, -0.15) is 4.80 Å². The standard InChI is InChI=1S/C15H20N6O/c1-11-4-6-12(7-5-11)15-17-19-21(18-15)10-14(22)20-8-2-3-13(20)9-16/h4-7,13H,2-3,8-10,16H2,1H3. The maximum Gasteiger partial charge on any atom is 0.246 e. The molecular formula is C15H20N6O. The van der Waals surface area contributed by atoms with Crippen molar-refractivity contribution in [3.63, 3.8) is 0 Å². The topological polar surface area (TPSA) is 89.9 Å². The molecule has 1 unspecified atom stereocenters. The molecule has 1 aromatic carbocycles. The molecule has 0 spiro atoms. The third-order valence-corrected chi connectivity index (χ3v) is 4.01. The van der Waals surface area contributed by atoms with Gasteiger partial charge in [0.1, 0.15) is 6.54 Å². The van der Waals surface area contributed by atoms with Crippen LogP contribution in [0, 0.1) is 6.92 Å². The lowest BCUT2D eigenvalue weighted by Gasteiger charge is -2.22. The molecule has 2 heterocycles. The predicted octanol–water partition coefficient (Wildman–Crippen LogP) is 0.598. The highest BCUT2D eigenvalue weighted by molar-refractivity contribution is 5.76. The normalized spacial score (nSPS) is 17.9. The second-order valence-corrected chi connectivity index (χ2v) is 5.63. The Bertz CT molecular complexity index is 650. The molecule has 0 bridgehead atoms. The van der Waals surface area contributed by atoms with Crippen molar-refractivity contribution in [2.45, 2.75) is 32.4 Å². The average molecular weight is 300 g/mol. The van der Waals surface area contributed by atoms with E-state index in [4.69, 9.17) is 5.73 Å². The van der Waals surface area contributed by atoms with E-state index in [2.05, 4.69) is 15.4 Å². The van der Waals surface area contributed by atoms with Gasteiger partial charge in [-0.05, 0) is 25.0 Å². The van der Waals surface area contributed by atoms with Gasteiger partial charge in [-0.1, -0.05) is 29.8 Å². The summed E-state index contributed by atoms with van der Waals surface area (Å²) in [5.74, 6) is 0.533. The van der Waals surface area contributed by atoms with Crippen LogP contribution in [-0.4, -0.2) is 50.1 Å². The molecular weight excluding hydrogens is 280 g/mol. The van der Waals surface area contributed by atoms with E-state index in [0.29, 0.717) is 12.4 Å². The average Bonchev–Trinajstić information content (AvgIpc) is 3.16. The van der Waals surface area contributed by atoms with Crippen molar-refractivity contribution in [3.8, 4) is 11.4 Å². The number of aromatic nitrogens is 4. The molecule has 0 saturated carbocycles. The number of benzene rings is 1. The monoisotopic (exact) mass is 300 g/mol. The smallest absolute Gasteiger partial charge is 0.246 e. The van der Waals surface area contributed by atoms with E-state index >= 15 is 0 Å². The van der Waals surface area contributed by atoms with Crippen molar-refractivity contribution < 1.29 is 4.79 Å². The molecule has 1 saturated heterocycles. The lowest BCUT2D eigenvalue weighted by Crippen LogP contribution is -2.41. The fourth-order valence-corrected chi connectivity index (χ4v) is 2.75. The first-order valence-corrected chi connectivity index (χ1v) is 7.52. The van der Waals surface area contributed by atoms with Gasteiger partial charge in [-0.25, -0.2) is 0 Å². The Kier molecular flexibility index (Phi) is 4.15. The van der Waals surface area contributed by atoms with Gasteiger partial charge in [0.05, 0.1) is 0 Å². The number of likely N-dealkylation sites (tertiary alicyclic amines) is 1. The van der Waals surface area contributed by atoms with Gasteiger partial charge < -0.3 is 10.6 Å². The summed E-state index contributed by atoms with van der Waals surface area (Å²) in [6, 6.07) is 8.04. The Labute approximate surface area is 129 Å². The Morgan fingerprint density at radius 1 is 1.36 bits per heavy atom. The molecule has 1 atom stereocenters. The van der Waals surface area contributed by atoms with Gasteiger partial charge in [0.15, 0.2) is 0 Å². The van der Waals surface area contributed by atoms with Crippen molar-refractivity contribution in [2.24, 2.45) is 5.73 Å². The number of rotatable bonds is 4. The van der Waals surface area contributed by atoms with Crippen LogP contribution in [0.15, 0.2) is 24.3 Å². The van der Waals surface area contributed by atoms with Crippen molar-refractivity contribution in [1.82, 2.24) is 25.1 Å². The zero-order chi connectivity index (χ0) is 15.5. The van der Waals surface area contributed by atoms with Crippen LogP contribution in [0.25, 0.3) is 11.4 Å². The van der Waals surface area contributed by atoms with E-state index in [1.54, 1.807) is 0 Å². The minimum absolute atomic E-state index is 0.000746. The summed E-state index contributed by atoms with van der Waals surface area (Å²) in [4.78, 5) is 15.5. The molecule has 7 heteroatoms. The highest BCUT2D eigenvalue weighted by atomic mass is 16.2. The highest BCUT2D eigenvalue weighted by Crippen LogP contribution is 2.17. The van der Waals surface area contributed by atoms with Gasteiger partial charge >= 0.3 is 0 Å². The maximum absolute atomic E-state index is 12.3. The third-order valence-electron chi connectivity index (χ3n) is 4.01. The number of carbonyl (C=O) groups excluding carboxylic acids is 1. The van der Waals surface area contributed by atoms with E-state index in [1.807, 2.05) is 36.1 Å². The number of amides is 1. The van der Waals surface area contributed by atoms with Crippen LogP contribution in [0.3, 0.4) is 0 Å². The summed E-state index contributed by atoms with van der Waals surface area (Å²) in [5.41, 5.74) is 7.77. The number of tetrazole rings is 1. The van der Waals surface area contributed by atoms with E-state index in [0.717, 1.165) is 24.9 Å². The summed E-state index contributed by atoms with van der Waals surface area (Å²) in [6.07, 6.45) is 1.98. The van der Waals surface area contributed by atoms with E-state index in [1.165, 1.54) is 10.4 Å². The fraction of sp³-hybridized carbons (Fsp3) is 0.467. The zero-order valence-electron chi connectivity index (χ0n) is 12.6. The molecule has 1 fully saturated rings. The van der Waals surface area contributed by atoms with Crippen LogP contribution in [0.5, 0.6) is 0 Å². The number of nitrogens with zero attached hydrogens (tertiary/aromatic N) is 5. The number of hydrogen-bond donors (Lipinski definition) is 1. The zero-order valence-corrected chi connectivity index (χ0v) is 12.6. The van der Waals surface area contributed by atoms with E-state index in [9.17, 15) is 4.79 Å². The van der Waals surface area contributed by atoms with E-state index in [-0.39, 0.29) is 18.5 Å². The van der Waals surface area contributed by atoms with Crippen LogP contribution in [0.4, 0.5) is 0 Å². The molecule has 2 N–H and O–H groups in total. The van der Waals surface area contributed by atoms with Gasteiger partial charge in [0, 0.05) is 24.7 Å². The first-order chi connectivity index (χ1) is 10.7. The molecule has 2 aromatic rings. The highest BCUT2D eigenvalue weighted by Gasteiger charge is 2.27. The summed E-state index contributed by atoms with van der Waals surface area (Å²) in [5, 5.41) is 12.3. The Morgan fingerprint density at radius 2 is 2.14 bits per heavy atom. The predicted molar refractivity (Wildman–Crippen MR) is 81.8 cm³/mol. The van der Waals surface area contributed by atoms with Crippen LogP contribution >= 0.6 is 0 Å². The molecule has 3 rings (SSSR count). The second kappa shape index (κ2) is 6.23. The largest absolute Gasteiger partial charge is 0.337 e. The molecule has 1 amide bonds. The lowest BCUT2D eigenvalue weighted by atomic mass is 10.1. The minimum atomic E-state index is 0.000746. The van der Waals surface area contributed by atoms with Crippen LogP contribution in [0.2, 0.25) is 0 Å². The molecule has 1 aliphatic heterocycles. The number of hydrogen-bond acceptors (Lipinski definition) is 5. The Morgan fingerprint density at radius 3 is 2.86 bits per heavy atom. The van der Waals surface area contributed by atoms with Crippen LogP contribution < -0.4 is 5.73 Å². The van der Waals surface area contributed by atoms with Gasteiger partial charge in [0.25, 0.3) is 0 Å². The molecule has 0 radical (unpaired) electrons. The lowest BCUT2D eigenvalue weighted by molar-refractivity contribution is -0.132. The van der Waals surface area contributed by atoms with Crippen LogP contribution in [-0.2, 0) is 11.3 Å². The summed E-state index contributed by atoms with van der Waals surface area (Å²) >= 11 is 0. The molecule has 116 valence electrons. The molecule has 7 nitrogen and oxygen atoms in total. The van der Waals surface area contributed by atoms with Gasteiger partial charge in [-0.15, -0.1) is 10.2 Å². The first-order valence-electron chi connectivity index (χ1n) is 7.52. The molecule has 22 heavy (non-hydrogen) atoms. The molecule has 0 aliphatic carbocycles. The van der Waals surface area contributed by atoms with Crippen LogP contribution in [0.1, 0.15) is 18.4 Å². The molecule has 1 aliphatic rings. The fourth-order valence-electron chi connectivity index (χ4n) is 2.75. The maximum atomic E-state index is 12.3. The van der Waals surface area contributed by atoms with Gasteiger partial charge in [-0.3, -0.25) is 4.79 Å². The first kappa shape index (κ1) is 14.6. The number of carbonyl (C=O) groups is 1. The quantitative estimate of drug-likeness (QED) is 0.893. The summed E-state index contributed by atoms with van der Waals surface area (Å²) < 4.78 is 0. The van der Waals surface area contributed by atoms with Crippen molar-refractivity contribution in [3.05, 3.63) is 29.8 Å². The van der Waals surface area contributed by atoms with Crippen molar-refractivity contribution >= 4 is 5.91 Å². The van der Waals surface area contributed by atoms with Crippen molar-refractivity contribution in [2.75, 3.05) is 13.1 Å². The summed E-state index contributed by atoms with van der Waals surface area (Å²) in [7, 11) is 0. The summed E-state index contributed by atoms with van der Waals surface area (Å²) in [6.45, 7) is 3.40. The third kappa shape index (κ3) is 2.99. The number of nitrogens with two attached hydrogens (primary N) is 1. The second-order valence-electron chi connectivity index (χ2n) is 5.63.